The molecule has 0 spiro atoms. The molecule has 1 atom stereocenters. The second-order valence-electron chi connectivity index (χ2n) is 5.72. The third-order valence-electron chi connectivity index (χ3n) is 4.09. The molecular formula is C15H22N4O4. The van der Waals surface area contributed by atoms with E-state index in [1.807, 2.05) is 0 Å². The molecule has 1 aliphatic rings. The number of nitrogens with zero attached hydrogens (tertiary/aromatic N) is 3. The first-order valence-electron chi connectivity index (χ1n) is 7.53. The van der Waals surface area contributed by atoms with Crippen LogP contribution in [-0.2, 0) is 21.4 Å². The van der Waals surface area contributed by atoms with E-state index in [0.29, 0.717) is 30.9 Å². The van der Waals surface area contributed by atoms with Gasteiger partial charge in [0.15, 0.2) is 5.69 Å². The van der Waals surface area contributed by atoms with Gasteiger partial charge >= 0.3 is 5.97 Å². The number of aryl methyl sites for hydroxylation is 2. The molecular weight excluding hydrogens is 300 g/mol. The van der Waals surface area contributed by atoms with Crippen LogP contribution in [0, 0.1) is 12.8 Å². The van der Waals surface area contributed by atoms with E-state index < -0.39 is 5.97 Å². The second kappa shape index (κ2) is 6.80. The molecule has 23 heavy (non-hydrogen) atoms. The van der Waals surface area contributed by atoms with Crippen LogP contribution < -0.4 is 5.32 Å². The van der Waals surface area contributed by atoms with E-state index in [1.54, 1.807) is 18.9 Å². The van der Waals surface area contributed by atoms with Gasteiger partial charge in [0.25, 0.3) is 0 Å². The predicted octanol–water partition coefficient (Wildman–Crippen LogP) is 0.712. The molecule has 8 heteroatoms. The third kappa shape index (κ3) is 3.52. The second-order valence-corrected chi connectivity index (χ2v) is 5.72. The average Bonchev–Trinajstić information content (AvgIpc) is 2.80. The summed E-state index contributed by atoms with van der Waals surface area (Å²) in [5.74, 6) is -1.09. The summed E-state index contributed by atoms with van der Waals surface area (Å²) in [5.41, 5.74) is 1.11. The Bertz CT molecular complexity index is 638. The topological polar surface area (TPSA) is 93.5 Å². The largest absolute Gasteiger partial charge is 0.464 e. The van der Waals surface area contributed by atoms with Gasteiger partial charge in [-0.15, -0.1) is 0 Å². The van der Waals surface area contributed by atoms with Crippen LogP contribution in [0.1, 0.15) is 35.9 Å². The van der Waals surface area contributed by atoms with Gasteiger partial charge in [-0.25, -0.2) is 4.79 Å². The summed E-state index contributed by atoms with van der Waals surface area (Å²) in [6, 6.07) is 0. The fourth-order valence-corrected chi connectivity index (χ4v) is 2.84. The summed E-state index contributed by atoms with van der Waals surface area (Å²) >= 11 is 0. The van der Waals surface area contributed by atoms with Gasteiger partial charge in [-0.05, 0) is 19.8 Å². The van der Waals surface area contributed by atoms with Crippen molar-refractivity contribution in [1.29, 1.82) is 0 Å². The standard InChI is InChI=1S/C15H22N4O4/c1-9-12(13(15(22)23-4)18(3)17-9)16-14(21)11-6-5-7-19(8-11)10(2)20/h11H,5-8H2,1-4H3,(H,16,21). The van der Waals surface area contributed by atoms with Gasteiger partial charge in [-0.3, -0.25) is 14.3 Å². The molecule has 0 aliphatic carbocycles. The molecule has 1 N–H and O–H groups in total. The van der Waals surface area contributed by atoms with Crippen LogP contribution in [0.5, 0.6) is 0 Å². The number of methoxy groups -OCH3 is 1. The Morgan fingerprint density at radius 1 is 1.35 bits per heavy atom. The van der Waals surface area contributed by atoms with Crippen molar-refractivity contribution < 1.29 is 19.1 Å². The minimum absolute atomic E-state index is 0.0321. The van der Waals surface area contributed by atoms with Crippen LogP contribution >= 0.6 is 0 Å². The number of aromatic nitrogens is 2. The normalized spacial score (nSPS) is 17.7. The Balaban J connectivity index is 2.17. The van der Waals surface area contributed by atoms with Crippen molar-refractivity contribution in [3.8, 4) is 0 Å². The van der Waals surface area contributed by atoms with E-state index >= 15 is 0 Å². The van der Waals surface area contributed by atoms with Gasteiger partial charge in [0.2, 0.25) is 11.8 Å². The maximum absolute atomic E-state index is 12.5. The number of ether oxygens (including phenoxy) is 1. The lowest BCUT2D eigenvalue weighted by Gasteiger charge is -2.31. The zero-order valence-corrected chi connectivity index (χ0v) is 13.9. The molecule has 1 fully saturated rings. The molecule has 0 aromatic carbocycles. The average molecular weight is 322 g/mol. The lowest BCUT2D eigenvalue weighted by Crippen LogP contribution is -2.43. The molecule has 126 valence electrons. The van der Waals surface area contributed by atoms with E-state index in [1.165, 1.54) is 18.7 Å². The van der Waals surface area contributed by atoms with Crippen LogP contribution in [0.15, 0.2) is 0 Å². The summed E-state index contributed by atoms with van der Waals surface area (Å²) in [7, 11) is 2.90. The highest BCUT2D eigenvalue weighted by Crippen LogP contribution is 2.24. The fraction of sp³-hybridized carbons (Fsp3) is 0.600. The number of rotatable bonds is 3. The Morgan fingerprint density at radius 3 is 2.65 bits per heavy atom. The predicted molar refractivity (Wildman–Crippen MR) is 82.9 cm³/mol. The van der Waals surface area contributed by atoms with Crippen molar-refractivity contribution in [2.24, 2.45) is 13.0 Å². The number of likely N-dealkylation sites (tertiary alicyclic amines) is 1. The minimum atomic E-state index is -0.558. The van der Waals surface area contributed by atoms with Crippen LogP contribution in [0.25, 0.3) is 0 Å². The molecule has 1 aromatic heterocycles. The van der Waals surface area contributed by atoms with E-state index in [4.69, 9.17) is 4.74 Å². The van der Waals surface area contributed by atoms with E-state index in [2.05, 4.69) is 10.4 Å². The molecule has 0 radical (unpaired) electrons. The van der Waals surface area contributed by atoms with Crippen LogP contribution in [0.4, 0.5) is 5.69 Å². The molecule has 1 saturated heterocycles. The molecule has 8 nitrogen and oxygen atoms in total. The summed E-state index contributed by atoms with van der Waals surface area (Å²) in [6.45, 7) is 4.29. The number of esters is 1. The minimum Gasteiger partial charge on any atom is -0.464 e. The number of carbonyl (C=O) groups is 3. The van der Waals surface area contributed by atoms with E-state index in [9.17, 15) is 14.4 Å². The number of nitrogens with one attached hydrogen (secondary N) is 1. The first kappa shape index (κ1) is 17.0. The zero-order valence-electron chi connectivity index (χ0n) is 13.9. The number of piperidine rings is 1. The molecule has 1 aromatic rings. The van der Waals surface area contributed by atoms with Gasteiger partial charge in [0.05, 0.1) is 24.4 Å². The number of hydrogen-bond donors (Lipinski definition) is 1. The van der Waals surface area contributed by atoms with Gasteiger partial charge in [0.1, 0.15) is 0 Å². The van der Waals surface area contributed by atoms with Gasteiger partial charge in [-0.1, -0.05) is 0 Å². The SMILES string of the molecule is COC(=O)c1c(NC(=O)C2CCCN(C(C)=O)C2)c(C)nn1C. The molecule has 1 aliphatic heterocycles. The Kier molecular flexibility index (Phi) is 5.02. The lowest BCUT2D eigenvalue weighted by atomic mass is 9.97. The van der Waals surface area contributed by atoms with E-state index in [-0.39, 0.29) is 23.4 Å². The maximum Gasteiger partial charge on any atom is 0.358 e. The van der Waals surface area contributed by atoms with Gasteiger partial charge < -0.3 is 15.0 Å². The van der Waals surface area contributed by atoms with Crippen molar-refractivity contribution >= 4 is 23.5 Å². The van der Waals surface area contributed by atoms with Crippen molar-refractivity contribution in [2.75, 3.05) is 25.5 Å². The monoisotopic (exact) mass is 322 g/mol. The third-order valence-corrected chi connectivity index (χ3v) is 4.09. The maximum atomic E-state index is 12.5. The van der Waals surface area contributed by atoms with Crippen molar-refractivity contribution in [2.45, 2.75) is 26.7 Å². The zero-order chi connectivity index (χ0) is 17.1. The first-order chi connectivity index (χ1) is 10.8. The summed E-state index contributed by atoms with van der Waals surface area (Å²) in [5, 5.41) is 6.94. The quantitative estimate of drug-likeness (QED) is 0.827. The highest BCUT2D eigenvalue weighted by Gasteiger charge is 2.29. The van der Waals surface area contributed by atoms with Crippen LogP contribution in [0.2, 0.25) is 0 Å². The number of amides is 2. The number of carbonyl (C=O) groups excluding carboxylic acids is 3. The summed E-state index contributed by atoms with van der Waals surface area (Å²) < 4.78 is 6.13. The summed E-state index contributed by atoms with van der Waals surface area (Å²) in [4.78, 5) is 37.6. The van der Waals surface area contributed by atoms with Crippen molar-refractivity contribution in [3.63, 3.8) is 0 Å². The molecule has 2 amide bonds. The van der Waals surface area contributed by atoms with E-state index in [0.717, 1.165) is 6.42 Å². The van der Waals surface area contributed by atoms with Gasteiger partial charge in [-0.2, -0.15) is 5.10 Å². The summed E-state index contributed by atoms with van der Waals surface area (Å²) in [6.07, 6.45) is 1.50. The molecule has 0 bridgehead atoms. The van der Waals surface area contributed by atoms with Crippen LogP contribution in [-0.4, -0.2) is 52.7 Å². The number of hydrogen-bond acceptors (Lipinski definition) is 5. The van der Waals surface area contributed by atoms with Crippen LogP contribution in [0.3, 0.4) is 0 Å². The van der Waals surface area contributed by atoms with Crippen molar-refractivity contribution in [3.05, 3.63) is 11.4 Å². The molecule has 0 saturated carbocycles. The van der Waals surface area contributed by atoms with Gasteiger partial charge in [0, 0.05) is 27.1 Å². The Morgan fingerprint density at radius 2 is 2.04 bits per heavy atom. The molecule has 1 unspecified atom stereocenters. The highest BCUT2D eigenvalue weighted by molar-refractivity contribution is 6.01. The first-order valence-corrected chi connectivity index (χ1v) is 7.53. The highest BCUT2D eigenvalue weighted by atomic mass is 16.5. The molecule has 2 rings (SSSR count). The smallest absolute Gasteiger partial charge is 0.358 e. The van der Waals surface area contributed by atoms with Crippen molar-refractivity contribution in [1.82, 2.24) is 14.7 Å². The molecule has 2 heterocycles. The Labute approximate surface area is 134 Å². The lowest BCUT2D eigenvalue weighted by molar-refractivity contribution is -0.132. The Hall–Kier alpha value is -2.38. The number of anilines is 1. The fourth-order valence-electron chi connectivity index (χ4n) is 2.84.